The Balaban J connectivity index is 1.79. The second kappa shape index (κ2) is 5.47. The minimum atomic E-state index is -0.345. The molecule has 0 saturated carbocycles. The zero-order valence-electron chi connectivity index (χ0n) is 10.6. The Morgan fingerprint density at radius 1 is 1.10 bits per heavy atom. The van der Waals surface area contributed by atoms with Gasteiger partial charge in [-0.05, 0) is 42.0 Å². The highest BCUT2D eigenvalue weighted by Crippen LogP contribution is 2.19. The molecule has 0 bridgehead atoms. The Labute approximate surface area is 121 Å². The molecule has 2 nitrogen and oxygen atoms in total. The van der Waals surface area contributed by atoms with Gasteiger partial charge in [0.15, 0.2) is 0 Å². The number of fused-ring (bicyclic) bond motifs is 1. The van der Waals surface area contributed by atoms with E-state index in [1.165, 1.54) is 12.1 Å². The molecule has 20 heavy (non-hydrogen) atoms. The van der Waals surface area contributed by atoms with E-state index in [2.05, 4.69) is 16.4 Å². The maximum atomic E-state index is 13.2. The lowest BCUT2D eigenvalue weighted by Crippen LogP contribution is -1.99. The molecule has 0 atom stereocenters. The van der Waals surface area contributed by atoms with Crippen LogP contribution in [-0.2, 0) is 6.54 Å². The molecule has 4 heteroatoms. The SMILES string of the molecule is Fc1cc(Cl)cc(NCc2ccc3ncccc3c2)c1. The van der Waals surface area contributed by atoms with Crippen molar-refractivity contribution < 1.29 is 4.39 Å². The fourth-order valence-electron chi connectivity index (χ4n) is 2.10. The summed E-state index contributed by atoms with van der Waals surface area (Å²) in [5.41, 5.74) is 2.73. The van der Waals surface area contributed by atoms with Gasteiger partial charge in [-0.15, -0.1) is 0 Å². The molecule has 0 aliphatic rings. The van der Waals surface area contributed by atoms with Crippen molar-refractivity contribution in [2.75, 3.05) is 5.32 Å². The third-order valence-electron chi connectivity index (χ3n) is 3.03. The number of nitrogens with zero attached hydrogens (tertiary/aromatic N) is 1. The summed E-state index contributed by atoms with van der Waals surface area (Å²) in [6.45, 7) is 0.602. The molecular weight excluding hydrogens is 275 g/mol. The standard InChI is InChI=1S/C16H12ClFN2/c17-13-7-14(18)9-15(8-13)20-10-11-3-4-16-12(6-11)2-1-5-19-16/h1-9,20H,10H2. The summed E-state index contributed by atoms with van der Waals surface area (Å²) in [6.07, 6.45) is 1.77. The second-order valence-corrected chi connectivity index (χ2v) is 4.98. The summed E-state index contributed by atoms with van der Waals surface area (Å²) in [5.74, 6) is -0.345. The minimum absolute atomic E-state index is 0.345. The maximum absolute atomic E-state index is 13.2. The first-order chi connectivity index (χ1) is 9.70. The molecule has 3 aromatic rings. The summed E-state index contributed by atoms with van der Waals surface area (Å²) in [6, 6.07) is 14.4. The number of hydrogen-bond acceptors (Lipinski definition) is 2. The highest BCUT2D eigenvalue weighted by atomic mass is 35.5. The number of halogens is 2. The summed E-state index contributed by atoms with van der Waals surface area (Å²) in [5, 5.41) is 4.63. The third kappa shape index (κ3) is 2.89. The number of anilines is 1. The lowest BCUT2D eigenvalue weighted by atomic mass is 10.1. The van der Waals surface area contributed by atoms with Crippen LogP contribution in [0.1, 0.15) is 5.56 Å². The van der Waals surface area contributed by atoms with E-state index in [-0.39, 0.29) is 5.82 Å². The van der Waals surface area contributed by atoms with Crippen LogP contribution >= 0.6 is 11.6 Å². The van der Waals surface area contributed by atoms with E-state index < -0.39 is 0 Å². The van der Waals surface area contributed by atoms with Gasteiger partial charge in [0.05, 0.1) is 5.52 Å². The lowest BCUT2D eigenvalue weighted by Gasteiger charge is -2.08. The minimum Gasteiger partial charge on any atom is -0.381 e. The van der Waals surface area contributed by atoms with Crippen LogP contribution in [0.5, 0.6) is 0 Å². The van der Waals surface area contributed by atoms with E-state index in [9.17, 15) is 4.39 Å². The predicted molar refractivity (Wildman–Crippen MR) is 80.5 cm³/mol. The van der Waals surface area contributed by atoms with Crippen LogP contribution in [0.3, 0.4) is 0 Å². The zero-order chi connectivity index (χ0) is 13.9. The number of aromatic nitrogens is 1. The lowest BCUT2D eigenvalue weighted by molar-refractivity contribution is 0.628. The van der Waals surface area contributed by atoms with Crippen molar-refractivity contribution in [1.29, 1.82) is 0 Å². The number of benzene rings is 2. The Morgan fingerprint density at radius 2 is 2.00 bits per heavy atom. The molecule has 0 amide bonds. The van der Waals surface area contributed by atoms with Crippen molar-refractivity contribution in [3.8, 4) is 0 Å². The van der Waals surface area contributed by atoms with E-state index in [4.69, 9.17) is 11.6 Å². The summed E-state index contributed by atoms with van der Waals surface area (Å²) in [4.78, 5) is 4.28. The van der Waals surface area contributed by atoms with Gasteiger partial charge in [0.1, 0.15) is 5.82 Å². The summed E-state index contributed by atoms with van der Waals surface area (Å²) < 4.78 is 13.2. The monoisotopic (exact) mass is 286 g/mol. The van der Waals surface area contributed by atoms with Gasteiger partial charge in [-0.2, -0.15) is 0 Å². The van der Waals surface area contributed by atoms with Gasteiger partial charge in [-0.1, -0.05) is 23.7 Å². The van der Waals surface area contributed by atoms with Gasteiger partial charge in [-0.25, -0.2) is 4.39 Å². The molecule has 1 heterocycles. The zero-order valence-corrected chi connectivity index (χ0v) is 11.4. The number of nitrogens with one attached hydrogen (secondary N) is 1. The molecule has 1 aromatic heterocycles. The molecule has 1 N–H and O–H groups in total. The Kier molecular flexibility index (Phi) is 3.52. The third-order valence-corrected chi connectivity index (χ3v) is 3.24. The largest absolute Gasteiger partial charge is 0.381 e. The van der Waals surface area contributed by atoms with E-state index in [1.54, 1.807) is 12.3 Å². The van der Waals surface area contributed by atoms with Crippen LogP contribution in [0.15, 0.2) is 54.7 Å². The fourth-order valence-corrected chi connectivity index (χ4v) is 2.32. The quantitative estimate of drug-likeness (QED) is 0.759. The van der Waals surface area contributed by atoms with Crippen LogP contribution in [-0.4, -0.2) is 4.98 Å². The molecule has 0 fully saturated rings. The Hall–Kier alpha value is -2.13. The Morgan fingerprint density at radius 3 is 2.85 bits per heavy atom. The van der Waals surface area contributed by atoms with Crippen LogP contribution in [0.2, 0.25) is 5.02 Å². The van der Waals surface area contributed by atoms with Gasteiger partial charge in [0, 0.05) is 28.8 Å². The summed E-state index contributed by atoms with van der Waals surface area (Å²) >= 11 is 5.82. The van der Waals surface area contributed by atoms with E-state index >= 15 is 0 Å². The molecule has 0 radical (unpaired) electrons. The van der Waals surface area contributed by atoms with Crippen molar-refractivity contribution in [3.05, 3.63) is 71.1 Å². The van der Waals surface area contributed by atoms with Crippen molar-refractivity contribution >= 4 is 28.2 Å². The molecule has 0 aliphatic carbocycles. The van der Waals surface area contributed by atoms with Crippen LogP contribution in [0.4, 0.5) is 10.1 Å². The average Bonchev–Trinajstić information content (AvgIpc) is 2.44. The van der Waals surface area contributed by atoms with Gasteiger partial charge >= 0.3 is 0 Å². The second-order valence-electron chi connectivity index (χ2n) is 4.54. The average molecular weight is 287 g/mol. The first kappa shape index (κ1) is 12.9. The smallest absolute Gasteiger partial charge is 0.126 e. The van der Waals surface area contributed by atoms with Crippen LogP contribution in [0, 0.1) is 5.82 Å². The molecule has 0 spiro atoms. The fraction of sp³-hybridized carbons (Fsp3) is 0.0625. The predicted octanol–water partition coefficient (Wildman–Crippen LogP) is 4.64. The van der Waals surface area contributed by atoms with Crippen molar-refractivity contribution in [3.63, 3.8) is 0 Å². The van der Waals surface area contributed by atoms with Crippen molar-refractivity contribution in [2.45, 2.75) is 6.54 Å². The molecule has 100 valence electrons. The highest BCUT2D eigenvalue weighted by molar-refractivity contribution is 6.30. The van der Waals surface area contributed by atoms with Crippen LogP contribution < -0.4 is 5.32 Å². The van der Waals surface area contributed by atoms with Gasteiger partial charge in [-0.3, -0.25) is 4.98 Å². The Bertz CT molecular complexity index is 738. The normalized spacial score (nSPS) is 10.7. The van der Waals surface area contributed by atoms with E-state index in [0.29, 0.717) is 17.3 Å². The number of pyridine rings is 1. The number of rotatable bonds is 3. The first-order valence-electron chi connectivity index (χ1n) is 6.24. The summed E-state index contributed by atoms with van der Waals surface area (Å²) in [7, 11) is 0. The maximum Gasteiger partial charge on any atom is 0.126 e. The van der Waals surface area contributed by atoms with E-state index in [0.717, 1.165) is 16.5 Å². The van der Waals surface area contributed by atoms with Gasteiger partial charge < -0.3 is 5.32 Å². The molecular formula is C16H12ClFN2. The highest BCUT2D eigenvalue weighted by Gasteiger charge is 2.00. The molecule has 0 unspecified atom stereocenters. The van der Waals surface area contributed by atoms with E-state index in [1.807, 2.05) is 24.3 Å². The molecule has 3 rings (SSSR count). The van der Waals surface area contributed by atoms with Crippen molar-refractivity contribution in [2.24, 2.45) is 0 Å². The number of hydrogen-bond donors (Lipinski definition) is 1. The molecule has 0 saturated heterocycles. The van der Waals surface area contributed by atoms with Crippen LogP contribution in [0.25, 0.3) is 10.9 Å². The molecule has 2 aromatic carbocycles. The topological polar surface area (TPSA) is 24.9 Å². The van der Waals surface area contributed by atoms with Gasteiger partial charge in [0.2, 0.25) is 0 Å². The van der Waals surface area contributed by atoms with Gasteiger partial charge in [0.25, 0.3) is 0 Å². The molecule has 0 aliphatic heterocycles. The van der Waals surface area contributed by atoms with Crippen molar-refractivity contribution in [1.82, 2.24) is 4.98 Å². The first-order valence-corrected chi connectivity index (χ1v) is 6.62.